The number of sulfone groups is 1. The highest BCUT2D eigenvalue weighted by molar-refractivity contribution is 7.91. The summed E-state index contributed by atoms with van der Waals surface area (Å²) in [5, 5.41) is 9.07. The number of H-pyrrole nitrogens is 1. The van der Waals surface area contributed by atoms with Crippen molar-refractivity contribution in [2.24, 2.45) is 0 Å². The van der Waals surface area contributed by atoms with Crippen molar-refractivity contribution in [2.75, 3.05) is 26.2 Å². The summed E-state index contributed by atoms with van der Waals surface area (Å²) in [6, 6.07) is 16.3. The molecule has 8 heteroatoms. The number of benzene rings is 3. The normalized spacial score (nSPS) is 19.2. The summed E-state index contributed by atoms with van der Waals surface area (Å²) in [5.41, 5.74) is 0.606. The fourth-order valence-electron chi connectivity index (χ4n) is 4.90. The van der Waals surface area contributed by atoms with Gasteiger partial charge in [-0.25, -0.2) is 8.42 Å². The van der Waals surface area contributed by atoms with E-state index in [1.54, 1.807) is 24.3 Å². The summed E-state index contributed by atoms with van der Waals surface area (Å²) in [5.74, 6) is 1.00. The van der Waals surface area contributed by atoms with Gasteiger partial charge in [0.1, 0.15) is 12.7 Å². The van der Waals surface area contributed by atoms with Crippen LogP contribution in [0.3, 0.4) is 0 Å². The van der Waals surface area contributed by atoms with Gasteiger partial charge >= 0.3 is 0 Å². The molecule has 2 aliphatic heterocycles. The Labute approximate surface area is 192 Å². The summed E-state index contributed by atoms with van der Waals surface area (Å²) in [6.45, 7) is 3.32. The molecule has 170 valence electrons. The van der Waals surface area contributed by atoms with Gasteiger partial charge in [-0.2, -0.15) is 5.10 Å². The fraction of sp³-hybridized carbons (Fsp3) is 0.320. The van der Waals surface area contributed by atoms with Crippen LogP contribution in [0.1, 0.15) is 19.3 Å². The van der Waals surface area contributed by atoms with Crippen LogP contribution < -0.4 is 9.47 Å². The summed E-state index contributed by atoms with van der Waals surface area (Å²) in [7, 11) is -3.92. The minimum atomic E-state index is -3.92. The number of nitrogens with one attached hydrogen (secondary N) is 1. The summed E-state index contributed by atoms with van der Waals surface area (Å²) in [4.78, 5) is 2.62. The highest BCUT2D eigenvalue weighted by atomic mass is 32.2. The smallest absolute Gasteiger partial charge is 0.227 e. The Hall–Kier alpha value is -3.10. The first-order chi connectivity index (χ1) is 16.1. The van der Waals surface area contributed by atoms with E-state index >= 15 is 0 Å². The highest BCUT2D eigenvalue weighted by Crippen LogP contribution is 2.42. The zero-order chi connectivity index (χ0) is 22.4. The lowest BCUT2D eigenvalue weighted by atomic mass is 10.1. The third-order valence-corrected chi connectivity index (χ3v) is 8.27. The Kier molecular flexibility index (Phi) is 4.99. The minimum Gasteiger partial charge on any atom is -0.486 e. The van der Waals surface area contributed by atoms with Crippen LogP contribution in [0, 0.1) is 0 Å². The van der Waals surface area contributed by atoms with Crippen LogP contribution in [0.25, 0.3) is 21.7 Å². The average Bonchev–Trinajstić information content (AvgIpc) is 3.30. The Bertz CT molecular complexity index is 1440. The Morgan fingerprint density at radius 2 is 1.82 bits per heavy atom. The Morgan fingerprint density at radius 1 is 1.00 bits per heavy atom. The number of nitrogens with zero attached hydrogens (tertiary/aromatic N) is 2. The van der Waals surface area contributed by atoms with Gasteiger partial charge in [0.05, 0.1) is 15.8 Å². The molecule has 0 saturated carbocycles. The first kappa shape index (κ1) is 20.5. The van der Waals surface area contributed by atoms with Crippen LogP contribution in [0.15, 0.2) is 64.5 Å². The predicted octanol–water partition coefficient (Wildman–Crippen LogP) is 4.17. The number of likely N-dealkylation sites (tertiary alicyclic amines) is 1. The van der Waals surface area contributed by atoms with Crippen molar-refractivity contribution in [3.8, 4) is 11.5 Å². The lowest BCUT2D eigenvalue weighted by Crippen LogP contribution is -2.43. The van der Waals surface area contributed by atoms with E-state index in [1.807, 2.05) is 30.3 Å². The molecule has 0 amide bonds. The van der Waals surface area contributed by atoms with Gasteiger partial charge in [-0.05, 0) is 49.5 Å². The first-order valence-corrected chi connectivity index (χ1v) is 12.9. The van der Waals surface area contributed by atoms with Gasteiger partial charge in [-0.3, -0.25) is 10.00 Å². The van der Waals surface area contributed by atoms with Crippen LogP contribution in [0.2, 0.25) is 0 Å². The summed E-state index contributed by atoms with van der Waals surface area (Å²) >= 11 is 0. The van der Waals surface area contributed by atoms with Gasteiger partial charge in [0.2, 0.25) is 9.84 Å². The number of aromatic amines is 1. The molecule has 6 rings (SSSR count). The van der Waals surface area contributed by atoms with Crippen LogP contribution in [0.4, 0.5) is 0 Å². The Morgan fingerprint density at radius 3 is 2.70 bits per heavy atom. The van der Waals surface area contributed by atoms with Gasteiger partial charge in [0.25, 0.3) is 0 Å². The lowest BCUT2D eigenvalue weighted by Gasteiger charge is -2.33. The maximum atomic E-state index is 13.8. The monoisotopic (exact) mass is 463 g/mol. The topological polar surface area (TPSA) is 84.5 Å². The van der Waals surface area contributed by atoms with Gasteiger partial charge in [-0.1, -0.05) is 42.8 Å². The molecule has 1 atom stereocenters. The number of hydrogen-bond acceptors (Lipinski definition) is 6. The van der Waals surface area contributed by atoms with Crippen molar-refractivity contribution >= 4 is 31.5 Å². The molecule has 1 saturated heterocycles. The van der Waals surface area contributed by atoms with Crippen LogP contribution >= 0.6 is 0 Å². The van der Waals surface area contributed by atoms with Gasteiger partial charge < -0.3 is 9.47 Å². The maximum Gasteiger partial charge on any atom is 0.227 e. The lowest BCUT2D eigenvalue weighted by molar-refractivity contribution is 0.0547. The second kappa shape index (κ2) is 8.04. The molecule has 7 nitrogen and oxygen atoms in total. The number of piperidine rings is 1. The number of rotatable bonds is 4. The zero-order valence-corrected chi connectivity index (χ0v) is 19.0. The number of hydrogen-bond donors (Lipinski definition) is 1. The molecule has 0 radical (unpaired) electrons. The van der Waals surface area contributed by atoms with E-state index in [-0.39, 0.29) is 16.0 Å². The van der Waals surface area contributed by atoms with Gasteiger partial charge in [-0.15, -0.1) is 0 Å². The third-order valence-electron chi connectivity index (χ3n) is 6.53. The third kappa shape index (κ3) is 3.54. The molecule has 3 heterocycles. The minimum absolute atomic E-state index is 0.0343. The second-order valence-electron chi connectivity index (χ2n) is 8.74. The van der Waals surface area contributed by atoms with Crippen molar-refractivity contribution in [1.82, 2.24) is 15.1 Å². The van der Waals surface area contributed by atoms with Crippen molar-refractivity contribution in [2.45, 2.75) is 35.3 Å². The van der Waals surface area contributed by atoms with E-state index in [2.05, 4.69) is 15.1 Å². The first-order valence-electron chi connectivity index (χ1n) is 11.4. The highest BCUT2D eigenvalue weighted by Gasteiger charge is 2.32. The molecule has 0 spiro atoms. The number of ether oxygens (including phenoxy) is 2. The SMILES string of the molecule is O=S(=O)(c1cccc2ccccc12)c1n[nH]c2ccc3c(c12)O[C@H](CN1CCCCC1)CO3. The zero-order valence-electron chi connectivity index (χ0n) is 18.2. The molecule has 0 unspecified atom stereocenters. The quantitative estimate of drug-likeness (QED) is 0.489. The molecule has 1 fully saturated rings. The molecule has 33 heavy (non-hydrogen) atoms. The maximum absolute atomic E-state index is 13.8. The molecule has 4 aromatic rings. The molecule has 3 aromatic carbocycles. The van der Waals surface area contributed by atoms with Crippen molar-refractivity contribution in [3.05, 3.63) is 54.6 Å². The fourth-order valence-corrected chi connectivity index (χ4v) is 6.48. The van der Waals surface area contributed by atoms with Crippen molar-refractivity contribution < 1.29 is 17.9 Å². The van der Waals surface area contributed by atoms with Crippen molar-refractivity contribution in [3.63, 3.8) is 0 Å². The number of fused-ring (bicyclic) bond motifs is 4. The van der Waals surface area contributed by atoms with Crippen LogP contribution in [0.5, 0.6) is 11.5 Å². The molecular formula is C25H25N3O4S. The predicted molar refractivity (Wildman–Crippen MR) is 126 cm³/mol. The summed E-state index contributed by atoms with van der Waals surface area (Å²) in [6.07, 6.45) is 3.50. The summed E-state index contributed by atoms with van der Waals surface area (Å²) < 4.78 is 40.0. The van der Waals surface area contributed by atoms with Crippen molar-refractivity contribution in [1.29, 1.82) is 0 Å². The van der Waals surface area contributed by atoms with Crippen LogP contribution in [-0.2, 0) is 9.84 Å². The van der Waals surface area contributed by atoms with Gasteiger partial charge in [0, 0.05) is 11.9 Å². The van der Waals surface area contributed by atoms with Gasteiger partial charge in [0.15, 0.2) is 16.5 Å². The molecule has 1 N–H and O–H groups in total. The van der Waals surface area contributed by atoms with E-state index < -0.39 is 9.84 Å². The molecular weight excluding hydrogens is 438 g/mol. The van der Waals surface area contributed by atoms with E-state index in [1.165, 1.54) is 19.3 Å². The van der Waals surface area contributed by atoms with Crippen LogP contribution in [-0.4, -0.2) is 55.9 Å². The molecule has 1 aromatic heterocycles. The van der Waals surface area contributed by atoms with E-state index in [0.29, 0.717) is 34.4 Å². The molecule has 0 bridgehead atoms. The number of aromatic nitrogens is 2. The largest absolute Gasteiger partial charge is 0.486 e. The Balaban J connectivity index is 1.43. The molecule has 0 aliphatic carbocycles. The molecule has 2 aliphatic rings. The van der Waals surface area contributed by atoms with E-state index in [4.69, 9.17) is 9.47 Å². The van der Waals surface area contributed by atoms with E-state index in [0.717, 1.165) is 25.0 Å². The average molecular weight is 464 g/mol. The standard InChI is InChI=1S/C25H25N3O4S/c29-33(30,22-10-6-8-17-7-2-3-9-19(17)22)25-23-20(26-27-25)11-12-21-24(23)32-18(16-31-21)15-28-13-4-1-5-14-28/h2-3,6-12,18H,1,4-5,13-16H2,(H,26,27)/t18-/m1/s1. The van der Waals surface area contributed by atoms with E-state index in [9.17, 15) is 8.42 Å². The second-order valence-corrected chi connectivity index (χ2v) is 10.6.